The van der Waals surface area contributed by atoms with Crippen LogP contribution in [-0.2, 0) is 9.53 Å². The fourth-order valence-electron chi connectivity index (χ4n) is 2.62. The molecule has 1 heterocycles. The molecule has 4 heteroatoms. The Morgan fingerprint density at radius 2 is 2.00 bits per heavy atom. The lowest BCUT2D eigenvalue weighted by molar-refractivity contribution is -0.150. The minimum atomic E-state index is -0.839. The van der Waals surface area contributed by atoms with Gasteiger partial charge in [-0.15, -0.1) is 0 Å². The van der Waals surface area contributed by atoms with Gasteiger partial charge in [0.15, 0.2) is 6.10 Å². The maximum atomic E-state index is 11.0. The maximum absolute atomic E-state index is 11.0. The Hall–Kier alpha value is -0.610. The number of nitrogens with zero attached hydrogens (tertiary/aromatic N) is 1. The second kappa shape index (κ2) is 7.74. The molecule has 0 aromatic carbocycles. The van der Waals surface area contributed by atoms with Gasteiger partial charge in [-0.05, 0) is 51.1 Å². The summed E-state index contributed by atoms with van der Waals surface area (Å²) in [5.41, 5.74) is 0. The first-order valence-electron chi connectivity index (χ1n) is 7.11. The molecule has 1 fully saturated rings. The second-order valence-corrected chi connectivity index (χ2v) is 5.49. The Morgan fingerprint density at radius 1 is 1.39 bits per heavy atom. The van der Waals surface area contributed by atoms with E-state index in [9.17, 15) is 4.79 Å². The van der Waals surface area contributed by atoms with Crippen LogP contribution in [0.1, 0.15) is 40.0 Å². The van der Waals surface area contributed by atoms with E-state index >= 15 is 0 Å². The minimum Gasteiger partial charge on any atom is -0.479 e. The van der Waals surface area contributed by atoms with Gasteiger partial charge in [-0.25, -0.2) is 4.79 Å². The number of hydrogen-bond donors (Lipinski definition) is 1. The molecule has 1 aliphatic heterocycles. The normalized spacial score (nSPS) is 20.2. The highest BCUT2D eigenvalue weighted by molar-refractivity contribution is 5.72. The third kappa shape index (κ3) is 4.94. The van der Waals surface area contributed by atoms with E-state index in [2.05, 4.69) is 18.7 Å². The number of carboxylic acids is 1. The van der Waals surface area contributed by atoms with Crippen molar-refractivity contribution >= 4 is 5.97 Å². The molecule has 1 N–H and O–H groups in total. The van der Waals surface area contributed by atoms with E-state index in [-0.39, 0.29) is 0 Å². The summed E-state index contributed by atoms with van der Waals surface area (Å²) in [4.78, 5) is 13.3. The highest BCUT2D eigenvalue weighted by Gasteiger charge is 2.23. The zero-order valence-corrected chi connectivity index (χ0v) is 11.9. The SMILES string of the molecule is CCOC(CCN1CCC(C(C)C)CC1)C(=O)O. The molecule has 0 aliphatic carbocycles. The highest BCUT2D eigenvalue weighted by atomic mass is 16.5. The van der Waals surface area contributed by atoms with Crippen molar-refractivity contribution in [1.82, 2.24) is 4.90 Å². The van der Waals surface area contributed by atoms with Crippen molar-refractivity contribution in [3.63, 3.8) is 0 Å². The van der Waals surface area contributed by atoms with Gasteiger partial charge in [0.25, 0.3) is 0 Å². The molecular weight excluding hydrogens is 230 g/mol. The highest BCUT2D eigenvalue weighted by Crippen LogP contribution is 2.24. The van der Waals surface area contributed by atoms with Crippen LogP contribution in [0, 0.1) is 11.8 Å². The van der Waals surface area contributed by atoms with Crippen molar-refractivity contribution in [1.29, 1.82) is 0 Å². The molecule has 1 rings (SSSR count). The van der Waals surface area contributed by atoms with E-state index in [0.29, 0.717) is 13.0 Å². The zero-order valence-electron chi connectivity index (χ0n) is 11.9. The molecule has 0 saturated carbocycles. The summed E-state index contributed by atoms with van der Waals surface area (Å²) in [5.74, 6) is 0.764. The lowest BCUT2D eigenvalue weighted by Gasteiger charge is -2.34. The molecule has 18 heavy (non-hydrogen) atoms. The molecule has 0 spiro atoms. The molecule has 1 atom stereocenters. The first-order chi connectivity index (χ1) is 8.54. The van der Waals surface area contributed by atoms with E-state index in [1.807, 2.05) is 6.92 Å². The monoisotopic (exact) mass is 257 g/mol. The smallest absolute Gasteiger partial charge is 0.332 e. The summed E-state index contributed by atoms with van der Waals surface area (Å²) in [7, 11) is 0. The van der Waals surface area contributed by atoms with Gasteiger partial charge in [-0.2, -0.15) is 0 Å². The van der Waals surface area contributed by atoms with Crippen LogP contribution in [0.5, 0.6) is 0 Å². The number of piperidine rings is 1. The molecule has 0 aromatic rings. The summed E-state index contributed by atoms with van der Waals surface area (Å²) in [5, 5.41) is 9.01. The van der Waals surface area contributed by atoms with E-state index in [4.69, 9.17) is 9.84 Å². The number of likely N-dealkylation sites (tertiary alicyclic amines) is 1. The van der Waals surface area contributed by atoms with Crippen LogP contribution in [0.15, 0.2) is 0 Å². The summed E-state index contributed by atoms with van der Waals surface area (Å²) in [6, 6.07) is 0. The molecule has 0 aromatic heterocycles. The van der Waals surface area contributed by atoms with Crippen molar-refractivity contribution in [3.8, 4) is 0 Å². The van der Waals surface area contributed by atoms with Crippen molar-refractivity contribution in [2.24, 2.45) is 11.8 Å². The topological polar surface area (TPSA) is 49.8 Å². The minimum absolute atomic E-state index is 0.465. The van der Waals surface area contributed by atoms with Gasteiger partial charge in [0.05, 0.1) is 0 Å². The number of carbonyl (C=O) groups is 1. The predicted molar refractivity (Wildman–Crippen MR) is 71.7 cm³/mol. The molecule has 4 nitrogen and oxygen atoms in total. The van der Waals surface area contributed by atoms with Crippen LogP contribution in [0.4, 0.5) is 0 Å². The van der Waals surface area contributed by atoms with Gasteiger partial charge in [-0.3, -0.25) is 0 Å². The fourth-order valence-corrected chi connectivity index (χ4v) is 2.62. The predicted octanol–water partition coefficient (Wildman–Crippen LogP) is 2.23. The summed E-state index contributed by atoms with van der Waals surface area (Å²) < 4.78 is 5.23. The van der Waals surface area contributed by atoms with Crippen LogP contribution < -0.4 is 0 Å². The van der Waals surface area contributed by atoms with Gasteiger partial charge in [0.1, 0.15) is 0 Å². The molecule has 1 saturated heterocycles. The lowest BCUT2D eigenvalue weighted by Crippen LogP contribution is -2.38. The third-order valence-corrected chi connectivity index (χ3v) is 3.93. The van der Waals surface area contributed by atoms with Crippen molar-refractivity contribution < 1.29 is 14.6 Å². The number of carboxylic acid groups (broad SMARTS) is 1. The average Bonchev–Trinajstić information content (AvgIpc) is 2.34. The Morgan fingerprint density at radius 3 is 2.44 bits per heavy atom. The van der Waals surface area contributed by atoms with Gasteiger partial charge in [-0.1, -0.05) is 13.8 Å². The van der Waals surface area contributed by atoms with Crippen LogP contribution >= 0.6 is 0 Å². The number of hydrogen-bond acceptors (Lipinski definition) is 3. The first kappa shape index (κ1) is 15.4. The molecule has 1 aliphatic rings. The van der Waals surface area contributed by atoms with Gasteiger partial charge < -0.3 is 14.7 Å². The Balaban J connectivity index is 2.26. The first-order valence-corrected chi connectivity index (χ1v) is 7.11. The van der Waals surface area contributed by atoms with Crippen LogP contribution in [0.2, 0.25) is 0 Å². The van der Waals surface area contributed by atoms with Crippen LogP contribution in [0.25, 0.3) is 0 Å². The zero-order chi connectivity index (χ0) is 13.5. The summed E-state index contributed by atoms with van der Waals surface area (Å²) >= 11 is 0. The third-order valence-electron chi connectivity index (χ3n) is 3.93. The van der Waals surface area contributed by atoms with Crippen molar-refractivity contribution in [2.45, 2.75) is 46.1 Å². The van der Waals surface area contributed by atoms with Crippen LogP contribution in [0.3, 0.4) is 0 Å². The van der Waals surface area contributed by atoms with E-state index in [1.165, 1.54) is 12.8 Å². The van der Waals surface area contributed by atoms with E-state index in [0.717, 1.165) is 31.5 Å². The Bertz CT molecular complexity index is 247. The van der Waals surface area contributed by atoms with E-state index < -0.39 is 12.1 Å². The Kier molecular flexibility index (Phi) is 6.65. The van der Waals surface area contributed by atoms with Gasteiger partial charge in [0, 0.05) is 13.2 Å². The van der Waals surface area contributed by atoms with Crippen LogP contribution in [-0.4, -0.2) is 48.3 Å². The number of ether oxygens (including phenoxy) is 1. The number of rotatable bonds is 7. The second-order valence-electron chi connectivity index (χ2n) is 5.49. The van der Waals surface area contributed by atoms with Crippen molar-refractivity contribution in [2.75, 3.05) is 26.2 Å². The van der Waals surface area contributed by atoms with Gasteiger partial charge in [0.2, 0.25) is 0 Å². The molecule has 0 bridgehead atoms. The Labute approximate surface area is 110 Å². The molecular formula is C14H27NO3. The van der Waals surface area contributed by atoms with Gasteiger partial charge >= 0.3 is 5.97 Å². The fraction of sp³-hybridized carbons (Fsp3) is 0.929. The maximum Gasteiger partial charge on any atom is 0.332 e. The largest absolute Gasteiger partial charge is 0.479 e. The molecule has 1 unspecified atom stereocenters. The standard InChI is InChI=1S/C14H27NO3/c1-4-18-13(14(16)17)7-10-15-8-5-12(6-9-15)11(2)3/h11-13H,4-10H2,1-3H3,(H,16,17). The summed E-state index contributed by atoms with van der Waals surface area (Å²) in [6.45, 7) is 9.91. The van der Waals surface area contributed by atoms with Crippen molar-refractivity contribution in [3.05, 3.63) is 0 Å². The quantitative estimate of drug-likeness (QED) is 0.760. The molecule has 0 radical (unpaired) electrons. The molecule has 106 valence electrons. The average molecular weight is 257 g/mol. The number of aliphatic carboxylic acids is 1. The lowest BCUT2D eigenvalue weighted by atomic mass is 9.87. The summed E-state index contributed by atoms with van der Waals surface area (Å²) in [6.07, 6.45) is 2.43. The van der Waals surface area contributed by atoms with E-state index in [1.54, 1.807) is 0 Å². The molecule has 0 amide bonds.